The smallest absolute Gasteiger partial charge is 0.0326 e. The molecule has 1 atom stereocenters. The Kier molecular flexibility index (Phi) is 1.59. The minimum atomic E-state index is 0.681. The molecule has 1 rings (SSSR count). The third-order valence-electron chi connectivity index (χ3n) is 2.44. The van der Waals surface area contributed by atoms with Crippen LogP contribution in [0.15, 0.2) is 0 Å². The molecule has 0 aromatic carbocycles. The summed E-state index contributed by atoms with van der Waals surface area (Å²) in [5, 5.41) is 0. The number of hydrogen-bond donors (Lipinski definition) is 0. The van der Waals surface area contributed by atoms with Crippen molar-refractivity contribution in [1.29, 1.82) is 0 Å². The second-order valence-electron chi connectivity index (χ2n) is 3.20. The fourth-order valence-corrected chi connectivity index (χ4v) is 1.32. The van der Waals surface area contributed by atoms with Crippen molar-refractivity contribution >= 4 is 0 Å². The standard InChI is InChI=1S/C8H15/c1-3-8(2)6-4-5-7-8/h4H,3,5-7H2,1-2H3. The molecule has 8 heavy (non-hydrogen) atoms. The van der Waals surface area contributed by atoms with E-state index >= 15 is 0 Å². The fourth-order valence-electron chi connectivity index (χ4n) is 1.32. The highest BCUT2D eigenvalue weighted by atomic mass is 14.3. The minimum absolute atomic E-state index is 0.681. The van der Waals surface area contributed by atoms with E-state index in [2.05, 4.69) is 20.3 Å². The van der Waals surface area contributed by atoms with Gasteiger partial charge in [0.15, 0.2) is 0 Å². The van der Waals surface area contributed by atoms with E-state index in [0.29, 0.717) is 5.41 Å². The molecule has 0 heteroatoms. The molecule has 0 saturated heterocycles. The predicted octanol–water partition coefficient (Wildman–Crippen LogP) is 2.79. The Balaban J connectivity index is 2.40. The second kappa shape index (κ2) is 2.08. The molecule has 1 aliphatic carbocycles. The van der Waals surface area contributed by atoms with E-state index in [1.165, 1.54) is 25.7 Å². The van der Waals surface area contributed by atoms with E-state index in [0.717, 1.165) is 0 Å². The topological polar surface area (TPSA) is 0 Å². The van der Waals surface area contributed by atoms with Gasteiger partial charge in [0.2, 0.25) is 0 Å². The van der Waals surface area contributed by atoms with Crippen LogP contribution >= 0.6 is 0 Å². The van der Waals surface area contributed by atoms with Crippen molar-refractivity contribution in [3.05, 3.63) is 6.42 Å². The van der Waals surface area contributed by atoms with Crippen LogP contribution in [0, 0.1) is 11.8 Å². The summed E-state index contributed by atoms with van der Waals surface area (Å²) in [6.07, 6.45) is 7.89. The zero-order valence-electron chi connectivity index (χ0n) is 5.91. The van der Waals surface area contributed by atoms with Gasteiger partial charge >= 0.3 is 0 Å². The SMILES string of the molecule is CCC1(C)C[CH]CC1. The van der Waals surface area contributed by atoms with Gasteiger partial charge < -0.3 is 0 Å². The molecule has 1 aliphatic rings. The molecular weight excluding hydrogens is 96.1 g/mol. The summed E-state index contributed by atoms with van der Waals surface area (Å²) in [4.78, 5) is 0. The number of hydrogen-bond acceptors (Lipinski definition) is 0. The average molecular weight is 111 g/mol. The Morgan fingerprint density at radius 3 is 2.62 bits per heavy atom. The zero-order chi connectivity index (χ0) is 6.04. The van der Waals surface area contributed by atoms with E-state index in [9.17, 15) is 0 Å². The minimum Gasteiger partial charge on any atom is -0.0649 e. The molecule has 0 N–H and O–H groups in total. The van der Waals surface area contributed by atoms with Crippen LogP contribution in [0.25, 0.3) is 0 Å². The summed E-state index contributed by atoms with van der Waals surface area (Å²) < 4.78 is 0. The quantitative estimate of drug-likeness (QED) is 0.488. The van der Waals surface area contributed by atoms with Crippen LogP contribution in [0.4, 0.5) is 0 Å². The molecule has 0 amide bonds. The van der Waals surface area contributed by atoms with Crippen molar-refractivity contribution in [3.8, 4) is 0 Å². The van der Waals surface area contributed by atoms with E-state index in [4.69, 9.17) is 0 Å². The first-order chi connectivity index (χ1) is 3.77. The van der Waals surface area contributed by atoms with Crippen molar-refractivity contribution in [3.63, 3.8) is 0 Å². The lowest BCUT2D eigenvalue weighted by Gasteiger charge is -2.19. The van der Waals surface area contributed by atoms with Crippen molar-refractivity contribution in [2.75, 3.05) is 0 Å². The molecule has 0 heterocycles. The van der Waals surface area contributed by atoms with E-state index < -0.39 is 0 Å². The molecular formula is C8H15. The van der Waals surface area contributed by atoms with Gasteiger partial charge in [-0.25, -0.2) is 0 Å². The normalized spacial score (nSPS) is 26.2. The Morgan fingerprint density at radius 1 is 1.62 bits per heavy atom. The maximum Gasteiger partial charge on any atom is -0.0326 e. The van der Waals surface area contributed by atoms with Gasteiger partial charge in [0.1, 0.15) is 0 Å². The first-order valence-corrected chi connectivity index (χ1v) is 3.58. The van der Waals surface area contributed by atoms with Gasteiger partial charge in [0, 0.05) is 0 Å². The summed E-state index contributed by atoms with van der Waals surface area (Å²) in [6, 6.07) is 0. The molecule has 1 fully saturated rings. The molecule has 0 aliphatic heterocycles. The predicted molar refractivity (Wildman–Crippen MR) is 36.5 cm³/mol. The monoisotopic (exact) mass is 111 g/mol. The average Bonchev–Trinajstić information content (AvgIpc) is 2.17. The highest BCUT2D eigenvalue weighted by molar-refractivity contribution is 4.88. The number of rotatable bonds is 1. The third kappa shape index (κ3) is 1.04. The van der Waals surface area contributed by atoms with E-state index in [-0.39, 0.29) is 0 Å². The van der Waals surface area contributed by atoms with Crippen molar-refractivity contribution < 1.29 is 0 Å². The Labute approximate surface area is 52.3 Å². The highest BCUT2D eigenvalue weighted by Gasteiger charge is 2.25. The Bertz CT molecular complexity index is 68.1. The largest absolute Gasteiger partial charge is 0.0649 e. The van der Waals surface area contributed by atoms with Crippen molar-refractivity contribution in [1.82, 2.24) is 0 Å². The molecule has 0 nitrogen and oxygen atoms in total. The summed E-state index contributed by atoms with van der Waals surface area (Å²) in [6.45, 7) is 4.68. The van der Waals surface area contributed by atoms with Crippen molar-refractivity contribution in [2.45, 2.75) is 39.5 Å². The van der Waals surface area contributed by atoms with Crippen LogP contribution < -0.4 is 0 Å². The van der Waals surface area contributed by atoms with Crippen LogP contribution in [-0.4, -0.2) is 0 Å². The first kappa shape index (κ1) is 6.12. The Morgan fingerprint density at radius 2 is 2.38 bits per heavy atom. The van der Waals surface area contributed by atoms with Crippen molar-refractivity contribution in [2.24, 2.45) is 5.41 Å². The summed E-state index contributed by atoms with van der Waals surface area (Å²) in [5.74, 6) is 0. The molecule has 1 unspecified atom stereocenters. The van der Waals surface area contributed by atoms with Gasteiger partial charge in [0.25, 0.3) is 0 Å². The van der Waals surface area contributed by atoms with Gasteiger partial charge in [-0.1, -0.05) is 20.3 Å². The lowest BCUT2D eigenvalue weighted by molar-refractivity contribution is 0.329. The zero-order valence-corrected chi connectivity index (χ0v) is 5.91. The molecule has 47 valence electrons. The molecule has 0 spiro atoms. The van der Waals surface area contributed by atoms with Crippen LogP contribution in [0.3, 0.4) is 0 Å². The summed E-state index contributed by atoms with van der Waals surface area (Å²) in [5.41, 5.74) is 0.681. The Hall–Kier alpha value is 0. The second-order valence-corrected chi connectivity index (χ2v) is 3.20. The van der Waals surface area contributed by atoms with Gasteiger partial charge in [-0.15, -0.1) is 0 Å². The van der Waals surface area contributed by atoms with Crippen LogP contribution in [0.5, 0.6) is 0 Å². The lowest BCUT2D eigenvalue weighted by atomic mass is 9.86. The molecule has 1 saturated carbocycles. The van der Waals surface area contributed by atoms with E-state index in [1.54, 1.807) is 0 Å². The van der Waals surface area contributed by atoms with E-state index in [1.807, 2.05) is 0 Å². The lowest BCUT2D eigenvalue weighted by Crippen LogP contribution is -2.07. The molecule has 0 bridgehead atoms. The molecule has 1 radical (unpaired) electrons. The third-order valence-corrected chi connectivity index (χ3v) is 2.44. The van der Waals surface area contributed by atoms with Crippen LogP contribution in [-0.2, 0) is 0 Å². The fraction of sp³-hybridized carbons (Fsp3) is 0.875. The maximum absolute atomic E-state index is 2.42. The summed E-state index contributed by atoms with van der Waals surface area (Å²) in [7, 11) is 0. The van der Waals surface area contributed by atoms with Crippen LogP contribution in [0.2, 0.25) is 0 Å². The van der Waals surface area contributed by atoms with Gasteiger partial charge in [-0.3, -0.25) is 0 Å². The van der Waals surface area contributed by atoms with Gasteiger partial charge in [-0.05, 0) is 31.1 Å². The molecule has 0 aromatic heterocycles. The maximum atomic E-state index is 2.42. The van der Waals surface area contributed by atoms with Gasteiger partial charge in [-0.2, -0.15) is 0 Å². The van der Waals surface area contributed by atoms with Gasteiger partial charge in [0.05, 0.1) is 0 Å². The first-order valence-electron chi connectivity index (χ1n) is 3.58. The van der Waals surface area contributed by atoms with Crippen LogP contribution in [0.1, 0.15) is 39.5 Å². The summed E-state index contributed by atoms with van der Waals surface area (Å²) >= 11 is 0. The molecule has 0 aromatic rings. The highest BCUT2D eigenvalue weighted by Crippen LogP contribution is 2.39.